The average Bonchev–Trinajstić information content (AvgIpc) is 3.62. The first-order valence-electron chi connectivity index (χ1n) is 22.9. The Balaban J connectivity index is 0.973. The summed E-state index contributed by atoms with van der Waals surface area (Å²) in [6.45, 7) is 0. The highest BCUT2D eigenvalue weighted by Crippen LogP contribution is 2.49. The number of fused-ring (bicyclic) bond motifs is 9. The third-order valence-electron chi connectivity index (χ3n) is 13.7. The van der Waals surface area contributed by atoms with Crippen molar-refractivity contribution in [1.82, 2.24) is 19.5 Å². The van der Waals surface area contributed by atoms with Gasteiger partial charge < -0.3 is 4.57 Å². The highest BCUT2D eigenvalue weighted by molar-refractivity contribution is 6.12. The van der Waals surface area contributed by atoms with Gasteiger partial charge in [0.05, 0.1) is 11.0 Å². The Morgan fingerprint density at radius 3 is 1.62 bits per heavy atom. The molecule has 10 aromatic carbocycles. The van der Waals surface area contributed by atoms with Crippen LogP contribution in [0.3, 0.4) is 0 Å². The Labute approximate surface area is 383 Å². The van der Waals surface area contributed by atoms with Gasteiger partial charge in [-0.2, -0.15) is 0 Å². The molecule has 310 valence electrons. The fraction of sp³-hybridized carbons (Fsp3) is 0.0484. The van der Waals surface area contributed by atoms with Gasteiger partial charge in [-0.15, -0.1) is 0 Å². The molecule has 0 radical (unpaired) electrons. The zero-order chi connectivity index (χ0) is 43.6. The van der Waals surface area contributed by atoms with Crippen LogP contribution in [0.2, 0.25) is 0 Å². The fourth-order valence-corrected chi connectivity index (χ4v) is 10.6. The van der Waals surface area contributed by atoms with Crippen LogP contribution in [0.5, 0.6) is 0 Å². The molecule has 2 heterocycles. The molecule has 1 atom stereocenters. The smallest absolute Gasteiger partial charge is 0.164 e. The predicted molar refractivity (Wildman–Crippen MR) is 273 cm³/mol. The van der Waals surface area contributed by atoms with Gasteiger partial charge in [-0.05, 0) is 116 Å². The molecular formula is C62H42N4. The molecule has 13 rings (SSSR count). The average molecular weight is 843 g/mol. The van der Waals surface area contributed by atoms with Crippen LogP contribution in [-0.4, -0.2) is 19.5 Å². The summed E-state index contributed by atoms with van der Waals surface area (Å²) in [5.41, 5.74) is 15.8. The Bertz CT molecular complexity index is 3750. The molecule has 0 N–H and O–H groups in total. The largest absolute Gasteiger partial charge is 0.309 e. The molecule has 12 aromatic rings. The van der Waals surface area contributed by atoms with Gasteiger partial charge in [0.15, 0.2) is 17.5 Å². The normalized spacial score (nSPS) is 13.5. The van der Waals surface area contributed by atoms with Crippen molar-refractivity contribution in [3.05, 3.63) is 241 Å². The summed E-state index contributed by atoms with van der Waals surface area (Å²) >= 11 is 0. The third-order valence-corrected chi connectivity index (χ3v) is 13.7. The van der Waals surface area contributed by atoms with E-state index < -0.39 is 0 Å². The summed E-state index contributed by atoms with van der Waals surface area (Å²) in [7, 11) is 0. The highest BCUT2D eigenvalue weighted by Gasteiger charge is 2.29. The van der Waals surface area contributed by atoms with Crippen molar-refractivity contribution in [2.75, 3.05) is 0 Å². The highest BCUT2D eigenvalue weighted by atomic mass is 15.0. The molecule has 0 amide bonds. The number of para-hydroxylation sites is 1. The molecule has 1 aliphatic carbocycles. The van der Waals surface area contributed by atoms with Gasteiger partial charge in [-0.1, -0.05) is 182 Å². The van der Waals surface area contributed by atoms with E-state index in [9.17, 15) is 0 Å². The lowest BCUT2D eigenvalue weighted by Gasteiger charge is -2.23. The lowest BCUT2D eigenvalue weighted by atomic mass is 9.80. The SMILES string of the molecule is c1ccc(-c2nc(-c3ccccc3)nc(-c3ccc4cc(-n5c6ccccc6c6cc7c(cc65)CCC(c5ccccc5)c5c-7cc(-c6ccccc6)c6ccccc56)ccc4c3)n2)cc1. The van der Waals surface area contributed by atoms with Gasteiger partial charge >= 0.3 is 0 Å². The quantitative estimate of drug-likeness (QED) is 0.167. The first kappa shape index (κ1) is 38.0. The van der Waals surface area contributed by atoms with E-state index in [1.165, 1.54) is 71.5 Å². The van der Waals surface area contributed by atoms with Crippen LogP contribution in [0.25, 0.3) is 105 Å². The van der Waals surface area contributed by atoms with E-state index >= 15 is 0 Å². The standard InChI is InChI=1S/C62H42N4/c1-5-17-40(18-6-1)49-34-32-46-37-58-55(38-54(46)56-39-53(41-19-7-2-8-20-41)50-25-13-14-27-52(50)59(49)56)51-26-15-16-28-57(51)66(58)48-33-31-44-35-47(30-29-45(44)36-48)62-64-60(42-21-9-3-10-22-42)63-61(65-62)43-23-11-4-12-24-43/h1-31,33,35-39,49H,32,34H2. The molecule has 0 bridgehead atoms. The third kappa shape index (κ3) is 6.41. The maximum absolute atomic E-state index is 5.02. The van der Waals surface area contributed by atoms with Gasteiger partial charge in [0, 0.05) is 39.1 Å². The Hall–Kier alpha value is -8.47. The topological polar surface area (TPSA) is 43.6 Å². The van der Waals surface area contributed by atoms with Gasteiger partial charge in [0.2, 0.25) is 0 Å². The number of aryl methyl sites for hydroxylation is 1. The van der Waals surface area contributed by atoms with E-state index in [0.717, 1.165) is 46.0 Å². The lowest BCUT2D eigenvalue weighted by molar-refractivity contribution is 0.730. The van der Waals surface area contributed by atoms with Crippen LogP contribution in [-0.2, 0) is 6.42 Å². The van der Waals surface area contributed by atoms with Crippen LogP contribution in [0.15, 0.2) is 224 Å². The molecule has 1 aliphatic rings. The second kappa shape index (κ2) is 15.7. The van der Waals surface area contributed by atoms with Crippen molar-refractivity contribution >= 4 is 43.4 Å². The fourth-order valence-electron chi connectivity index (χ4n) is 10.6. The van der Waals surface area contributed by atoms with Crippen LogP contribution >= 0.6 is 0 Å². The number of aromatic nitrogens is 4. The summed E-state index contributed by atoms with van der Waals surface area (Å²) in [5.74, 6) is 2.21. The second-order valence-corrected chi connectivity index (χ2v) is 17.5. The lowest BCUT2D eigenvalue weighted by Crippen LogP contribution is -2.04. The van der Waals surface area contributed by atoms with Gasteiger partial charge in [0.25, 0.3) is 0 Å². The molecule has 66 heavy (non-hydrogen) atoms. The molecule has 0 saturated heterocycles. The summed E-state index contributed by atoms with van der Waals surface area (Å²) in [6, 6.07) is 81.2. The number of rotatable bonds is 6. The molecule has 0 fully saturated rings. The van der Waals surface area contributed by atoms with Crippen LogP contribution < -0.4 is 0 Å². The van der Waals surface area contributed by atoms with Gasteiger partial charge in [-0.3, -0.25) is 0 Å². The number of benzene rings is 10. The molecule has 1 unspecified atom stereocenters. The van der Waals surface area contributed by atoms with Crippen LogP contribution in [0.4, 0.5) is 0 Å². The Morgan fingerprint density at radius 2 is 0.924 bits per heavy atom. The van der Waals surface area contributed by atoms with Crippen molar-refractivity contribution < 1.29 is 0 Å². The number of hydrogen-bond donors (Lipinski definition) is 0. The van der Waals surface area contributed by atoms with Crippen LogP contribution in [0, 0.1) is 0 Å². The van der Waals surface area contributed by atoms with Gasteiger partial charge in [0.1, 0.15) is 0 Å². The molecule has 0 aliphatic heterocycles. The summed E-state index contributed by atoms with van der Waals surface area (Å²) in [6.07, 6.45) is 1.98. The van der Waals surface area contributed by atoms with E-state index in [1.807, 2.05) is 60.7 Å². The first-order chi connectivity index (χ1) is 32.7. The molecule has 4 nitrogen and oxygen atoms in total. The molecule has 0 spiro atoms. The number of nitrogens with zero attached hydrogens (tertiary/aromatic N) is 4. The monoisotopic (exact) mass is 842 g/mol. The van der Waals surface area contributed by atoms with Crippen molar-refractivity contribution in [3.8, 4) is 62.1 Å². The molecule has 4 heteroatoms. The molecule has 2 aromatic heterocycles. The molecular weight excluding hydrogens is 801 g/mol. The summed E-state index contributed by atoms with van der Waals surface area (Å²) in [4.78, 5) is 15.0. The molecule has 0 saturated carbocycles. The number of hydrogen-bond acceptors (Lipinski definition) is 3. The van der Waals surface area contributed by atoms with E-state index in [-0.39, 0.29) is 5.92 Å². The van der Waals surface area contributed by atoms with E-state index in [0.29, 0.717) is 17.5 Å². The Morgan fingerprint density at radius 1 is 0.364 bits per heavy atom. The van der Waals surface area contributed by atoms with Crippen molar-refractivity contribution in [1.29, 1.82) is 0 Å². The van der Waals surface area contributed by atoms with Crippen molar-refractivity contribution in [3.63, 3.8) is 0 Å². The minimum absolute atomic E-state index is 0.249. The minimum Gasteiger partial charge on any atom is -0.309 e. The maximum atomic E-state index is 5.02. The summed E-state index contributed by atoms with van der Waals surface area (Å²) in [5, 5.41) is 7.42. The zero-order valence-corrected chi connectivity index (χ0v) is 36.1. The second-order valence-electron chi connectivity index (χ2n) is 17.5. The first-order valence-corrected chi connectivity index (χ1v) is 22.9. The van der Waals surface area contributed by atoms with Gasteiger partial charge in [-0.25, -0.2) is 15.0 Å². The van der Waals surface area contributed by atoms with E-state index in [2.05, 4.69) is 168 Å². The summed E-state index contributed by atoms with van der Waals surface area (Å²) < 4.78 is 2.47. The predicted octanol–water partition coefficient (Wildman–Crippen LogP) is 15.7. The van der Waals surface area contributed by atoms with Crippen molar-refractivity contribution in [2.24, 2.45) is 0 Å². The Kier molecular flexibility index (Phi) is 9.02. The van der Waals surface area contributed by atoms with Crippen LogP contribution in [0.1, 0.15) is 29.0 Å². The minimum atomic E-state index is 0.249. The zero-order valence-electron chi connectivity index (χ0n) is 36.1. The maximum Gasteiger partial charge on any atom is 0.164 e. The van der Waals surface area contributed by atoms with Crippen molar-refractivity contribution in [2.45, 2.75) is 18.8 Å². The van der Waals surface area contributed by atoms with E-state index in [4.69, 9.17) is 15.0 Å². The van der Waals surface area contributed by atoms with E-state index in [1.54, 1.807) is 0 Å².